The third kappa shape index (κ3) is 6.22. The second-order valence-electron chi connectivity index (χ2n) is 6.40. The Morgan fingerprint density at radius 1 is 1.14 bits per heavy atom. The zero-order chi connectivity index (χ0) is 22.0. The smallest absolute Gasteiger partial charge is 0.471 e. The molecule has 0 aliphatic heterocycles. The predicted octanol–water partition coefficient (Wildman–Crippen LogP) is 3.29. The number of phenolic OH excluding ortho intramolecular Hbond substituents is 1. The molecule has 4 N–H and O–H groups in total. The molecule has 2 aromatic rings. The summed E-state index contributed by atoms with van der Waals surface area (Å²) in [6, 6.07) is 6.97. The molecule has 0 aromatic heterocycles. The van der Waals surface area contributed by atoms with Crippen LogP contribution in [0.1, 0.15) is 28.3 Å². The number of halogens is 3. The van der Waals surface area contributed by atoms with Crippen molar-refractivity contribution in [1.82, 2.24) is 5.32 Å². The molecule has 7 nitrogen and oxygen atoms in total. The van der Waals surface area contributed by atoms with Gasteiger partial charge in [0.15, 0.2) is 6.35 Å². The third-order valence-electron chi connectivity index (χ3n) is 4.01. The number of carbonyl (C=O) groups excluding carboxylic acids is 1. The highest BCUT2D eigenvalue weighted by atomic mass is 31.2. The van der Waals surface area contributed by atoms with Crippen LogP contribution >= 0.6 is 7.60 Å². The molecular weight excluding hydrogens is 414 g/mol. The van der Waals surface area contributed by atoms with E-state index in [2.05, 4.69) is 0 Å². The van der Waals surface area contributed by atoms with Gasteiger partial charge in [0, 0.05) is 0 Å². The van der Waals surface area contributed by atoms with Crippen molar-refractivity contribution < 1.29 is 42.2 Å². The Morgan fingerprint density at radius 2 is 1.66 bits per heavy atom. The average Bonchev–Trinajstić information content (AvgIpc) is 2.57. The van der Waals surface area contributed by atoms with E-state index in [4.69, 9.17) is 14.5 Å². The van der Waals surface area contributed by atoms with Crippen LogP contribution in [-0.2, 0) is 9.36 Å². The Morgan fingerprint density at radius 3 is 2.10 bits per heavy atom. The molecule has 0 spiro atoms. The molecule has 2 rings (SSSR count). The summed E-state index contributed by atoms with van der Waals surface area (Å²) in [4.78, 5) is 29.4. The molecule has 0 fully saturated rings. The quantitative estimate of drug-likeness (QED) is 0.520. The normalized spacial score (nSPS) is 13.1. The number of aryl methyl sites for hydroxylation is 2. The molecular formula is C18H19F3NO6P. The fourth-order valence-electron chi connectivity index (χ4n) is 2.83. The van der Waals surface area contributed by atoms with Crippen LogP contribution in [0.2, 0.25) is 0 Å². The summed E-state index contributed by atoms with van der Waals surface area (Å²) in [5.74, 6) is -2.10. The Balaban J connectivity index is 2.48. The van der Waals surface area contributed by atoms with Gasteiger partial charge in [0.05, 0.1) is 6.04 Å². The highest BCUT2D eigenvalue weighted by Crippen LogP contribution is 2.37. The van der Waals surface area contributed by atoms with Gasteiger partial charge in [0.2, 0.25) is 0 Å². The minimum atomic E-state index is -5.09. The van der Waals surface area contributed by atoms with E-state index in [9.17, 15) is 27.6 Å². The number of ether oxygens (including phenoxy) is 1. The lowest BCUT2D eigenvalue weighted by Gasteiger charge is -2.25. The number of amides is 1. The maximum atomic E-state index is 12.8. The summed E-state index contributed by atoms with van der Waals surface area (Å²) >= 11 is 0. The first kappa shape index (κ1) is 22.7. The fraction of sp³-hybridized carbons (Fsp3) is 0.278. The summed E-state index contributed by atoms with van der Waals surface area (Å²) < 4.78 is 54.5. The van der Waals surface area contributed by atoms with Crippen molar-refractivity contribution in [2.24, 2.45) is 0 Å². The molecule has 0 saturated carbocycles. The first-order valence-corrected chi connectivity index (χ1v) is 10.0. The standard InChI is InChI=1S/C18H19F3NO6P/c1-10-7-14(28-9-29(25,26)27)8-11(2)15(10)16(22-17(24)18(19,20)21)12-3-5-13(23)6-4-12/h3-8,16,23H,9H2,1-2H3,(H,22,24)(H2,25,26,27). The minimum absolute atomic E-state index is 0.0933. The molecule has 0 heterocycles. The number of nitrogens with one attached hydrogen (secondary N) is 1. The van der Waals surface area contributed by atoms with E-state index in [0.717, 1.165) is 0 Å². The highest BCUT2D eigenvalue weighted by molar-refractivity contribution is 7.51. The summed E-state index contributed by atoms with van der Waals surface area (Å²) in [6.07, 6.45) is -5.94. The lowest BCUT2D eigenvalue weighted by Crippen LogP contribution is -2.40. The van der Waals surface area contributed by atoms with Crippen molar-refractivity contribution in [3.05, 3.63) is 58.7 Å². The summed E-state index contributed by atoms with van der Waals surface area (Å²) in [7, 11) is -4.41. The van der Waals surface area contributed by atoms with Crippen LogP contribution < -0.4 is 10.1 Å². The minimum Gasteiger partial charge on any atom is -0.508 e. The first-order chi connectivity index (χ1) is 13.3. The molecule has 0 saturated heterocycles. The topological polar surface area (TPSA) is 116 Å². The number of phenols is 1. The summed E-state index contributed by atoms with van der Waals surface area (Å²) in [5.41, 5.74) is 1.53. The number of hydrogen-bond acceptors (Lipinski definition) is 4. The Kier molecular flexibility index (Phi) is 6.62. The number of alkyl halides is 3. The van der Waals surface area contributed by atoms with Gasteiger partial charge < -0.3 is 24.9 Å². The molecule has 1 unspecified atom stereocenters. The Bertz CT molecular complexity index is 917. The maximum Gasteiger partial charge on any atom is 0.471 e. The lowest BCUT2D eigenvalue weighted by molar-refractivity contribution is -0.174. The van der Waals surface area contributed by atoms with Crippen molar-refractivity contribution in [3.8, 4) is 11.5 Å². The van der Waals surface area contributed by atoms with Crippen LogP contribution in [0.25, 0.3) is 0 Å². The van der Waals surface area contributed by atoms with Crippen molar-refractivity contribution >= 4 is 13.5 Å². The SMILES string of the molecule is Cc1cc(OCP(=O)(O)O)cc(C)c1C(NC(=O)C(F)(F)F)c1ccc(O)cc1. The second kappa shape index (κ2) is 8.44. The van der Waals surface area contributed by atoms with Gasteiger partial charge >= 0.3 is 19.7 Å². The summed E-state index contributed by atoms with van der Waals surface area (Å²) in [5, 5.41) is 11.4. The predicted molar refractivity (Wildman–Crippen MR) is 97.6 cm³/mol. The van der Waals surface area contributed by atoms with E-state index < -0.39 is 32.1 Å². The van der Waals surface area contributed by atoms with Gasteiger partial charge in [-0.3, -0.25) is 9.36 Å². The van der Waals surface area contributed by atoms with E-state index >= 15 is 0 Å². The number of benzene rings is 2. The third-order valence-corrected chi connectivity index (χ3v) is 4.48. The molecule has 0 radical (unpaired) electrons. The molecule has 29 heavy (non-hydrogen) atoms. The first-order valence-electron chi connectivity index (χ1n) is 8.23. The van der Waals surface area contributed by atoms with Crippen LogP contribution in [0, 0.1) is 13.8 Å². The number of carbonyl (C=O) groups is 1. The monoisotopic (exact) mass is 433 g/mol. The summed E-state index contributed by atoms with van der Waals surface area (Å²) in [6.45, 7) is 3.14. The van der Waals surface area contributed by atoms with E-state index in [0.29, 0.717) is 22.3 Å². The van der Waals surface area contributed by atoms with Crippen molar-refractivity contribution in [2.75, 3.05) is 6.35 Å². The van der Waals surface area contributed by atoms with Gasteiger partial charge in [-0.2, -0.15) is 13.2 Å². The molecule has 0 bridgehead atoms. The highest BCUT2D eigenvalue weighted by Gasteiger charge is 2.40. The Hall–Kier alpha value is -2.55. The van der Waals surface area contributed by atoms with Crippen molar-refractivity contribution in [2.45, 2.75) is 26.1 Å². The molecule has 11 heteroatoms. The molecule has 2 aromatic carbocycles. The number of hydrogen-bond donors (Lipinski definition) is 4. The van der Waals surface area contributed by atoms with E-state index in [-0.39, 0.29) is 11.5 Å². The van der Waals surface area contributed by atoms with Crippen LogP contribution in [0.4, 0.5) is 13.2 Å². The molecule has 1 atom stereocenters. The van der Waals surface area contributed by atoms with Crippen LogP contribution in [0.15, 0.2) is 36.4 Å². The van der Waals surface area contributed by atoms with Crippen LogP contribution in [0.3, 0.4) is 0 Å². The lowest BCUT2D eigenvalue weighted by atomic mass is 9.91. The number of aromatic hydroxyl groups is 1. The van der Waals surface area contributed by atoms with E-state index in [1.54, 1.807) is 13.8 Å². The Labute approximate surface area is 164 Å². The average molecular weight is 433 g/mol. The van der Waals surface area contributed by atoms with Gasteiger partial charge in [-0.25, -0.2) is 0 Å². The van der Waals surface area contributed by atoms with Crippen LogP contribution in [0.5, 0.6) is 11.5 Å². The molecule has 0 aliphatic carbocycles. The zero-order valence-electron chi connectivity index (χ0n) is 15.4. The van der Waals surface area contributed by atoms with Crippen LogP contribution in [-0.4, -0.2) is 33.3 Å². The van der Waals surface area contributed by atoms with Crippen molar-refractivity contribution in [1.29, 1.82) is 0 Å². The number of rotatable bonds is 6. The molecule has 1 amide bonds. The zero-order valence-corrected chi connectivity index (χ0v) is 16.3. The fourth-order valence-corrected chi connectivity index (χ4v) is 3.15. The second-order valence-corrected chi connectivity index (χ2v) is 7.99. The van der Waals surface area contributed by atoms with Gasteiger partial charge in [0.1, 0.15) is 11.5 Å². The largest absolute Gasteiger partial charge is 0.508 e. The molecule has 0 aliphatic rings. The van der Waals surface area contributed by atoms with Gasteiger partial charge in [-0.05, 0) is 60.4 Å². The van der Waals surface area contributed by atoms with Gasteiger partial charge in [0.25, 0.3) is 0 Å². The van der Waals surface area contributed by atoms with Gasteiger partial charge in [-0.1, -0.05) is 12.1 Å². The van der Waals surface area contributed by atoms with Crippen molar-refractivity contribution in [3.63, 3.8) is 0 Å². The van der Waals surface area contributed by atoms with Gasteiger partial charge in [-0.15, -0.1) is 0 Å². The maximum absolute atomic E-state index is 12.8. The van der Waals surface area contributed by atoms with E-state index in [1.807, 2.05) is 5.32 Å². The molecule has 158 valence electrons. The van der Waals surface area contributed by atoms with E-state index in [1.165, 1.54) is 36.4 Å².